The Morgan fingerprint density at radius 2 is 2.00 bits per heavy atom. The molecule has 0 aromatic heterocycles. The van der Waals surface area contributed by atoms with Gasteiger partial charge in [-0.05, 0) is 57.7 Å². The van der Waals surface area contributed by atoms with Crippen LogP contribution in [0.4, 0.5) is 0 Å². The Labute approximate surface area is 226 Å². The van der Waals surface area contributed by atoms with Gasteiger partial charge in [-0.3, -0.25) is 19.3 Å². The van der Waals surface area contributed by atoms with Gasteiger partial charge in [-0.1, -0.05) is 24.1 Å². The highest BCUT2D eigenvalue weighted by molar-refractivity contribution is 8.09. The number of carbonyl (C=O) groups excluding carboxylic acids is 3. The Balaban J connectivity index is 1.83. The first-order chi connectivity index (χ1) is 17.9. The SMILES string of the molecule is CC#C[C@@]1(O)[C@H](O)[C@@H](COP(=S)(N[C@@H](C)C(=O)OC(C)C)Oc2ccccc2)O[C@H]1N1C=CC(=O)CC1=O. The Bertz CT molecular complexity index is 1180. The molecule has 1 saturated heterocycles. The average Bonchev–Trinajstić information content (AvgIpc) is 3.08. The first-order valence-electron chi connectivity index (χ1n) is 11.9. The van der Waals surface area contributed by atoms with Crippen molar-refractivity contribution in [2.45, 2.75) is 70.3 Å². The first-order valence-corrected chi connectivity index (χ1v) is 14.5. The van der Waals surface area contributed by atoms with Crippen molar-refractivity contribution in [3.63, 3.8) is 0 Å². The summed E-state index contributed by atoms with van der Waals surface area (Å²) in [6, 6.07) is 7.67. The third-order valence-electron chi connectivity index (χ3n) is 5.53. The van der Waals surface area contributed by atoms with Crippen LogP contribution in [0.1, 0.15) is 34.1 Å². The van der Waals surface area contributed by atoms with Crippen molar-refractivity contribution in [2.75, 3.05) is 6.61 Å². The number of rotatable bonds is 10. The lowest BCUT2D eigenvalue weighted by atomic mass is 9.93. The lowest BCUT2D eigenvalue weighted by molar-refractivity contribution is -0.153. The van der Waals surface area contributed by atoms with E-state index in [1.807, 2.05) is 0 Å². The van der Waals surface area contributed by atoms with Crippen molar-refractivity contribution in [3.05, 3.63) is 42.6 Å². The molecule has 0 spiro atoms. The van der Waals surface area contributed by atoms with Crippen LogP contribution in [0.25, 0.3) is 0 Å². The van der Waals surface area contributed by atoms with Gasteiger partial charge in [0.15, 0.2) is 17.6 Å². The number of aliphatic hydroxyl groups is 2. The summed E-state index contributed by atoms with van der Waals surface area (Å²) in [5, 5.41) is 25.1. The highest BCUT2D eigenvalue weighted by atomic mass is 32.5. The molecule has 11 nitrogen and oxygen atoms in total. The molecular weight excluding hydrogens is 535 g/mol. The molecule has 0 radical (unpaired) electrons. The van der Waals surface area contributed by atoms with Crippen molar-refractivity contribution >= 4 is 36.1 Å². The van der Waals surface area contributed by atoms with Gasteiger partial charge in [-0.15, -0.1) is 5.92 Å². The molecule has 2 aliphatic heterocycles. The fraction of sp³-hybridized carbons (Fsp3) is 0.480. The number of aliphatic hydroxyl groups excluding tert-OH is 1. The van der Waals surface area contributed by atoms with Gasteiger partial charge in [0, 0.05) is 6.20 Å². The van der Waals surface area contributed by atoms with Gasteiger partial charge < -0.3 is 28.7 Å². The summed E-state index contributed by atoms with van der Waals surface area (Å²) in [6.07, 6.45) is -2.65. The number of nitrogens with zero attached hydrogens (tertiary/aromatic N) is 1. The predicted octanol–water partition coefficient (Wildman–Crippen LogP) is 1.39. The van der Waals surface area contributed by atoms with Crippen LogP contribution in [0.5, 0.6) is 5.75 Å². The minimum Gasteiger partial charge on any atom is -0.462 e. The summed E-state index contributed by atoms with van der Waals surface area (Å²) in [5.74, 6) is 3.85. The summed E-state index contributed by atoms with van der Waals surface area (Å²) in [6.45, 7) is 2.57. The molecule has 1 amide bonds. The fourth-order valence-corrected chi connectivity index (χ4v) is 6.20. The molecule has 0 aliphatic carbocycles. The van der Waals surface area contributed by atoms with E-state index in [0.717, 1.165) is 4.90 Å². The molecule has 0 saturated carbocycles. The number of benzene rings is 1. The van der Waals surface area contributed by atoms with E-state index in [1.54, 1.807) is 51.1 Å². The van der Waals surface area contributed by atoms with E-state index >= 15 is 0 Å². The van der Waals surface area contributed by atoms with Crippen molar-refractivity contribution in [3.8, 4) is 17.6 Å². The van der Waals surface area contributed by atoms with Crippen LogP contribution in [0, 0.1) is 11.8 Å². The number of hydrogen-bond acceptors (Lipinski definition) is 10. The van der Waals surface area contributed by atoms with Crippen molar-refractivity contribution in [1.82, 2.24) is 9.99 Å². The predicted molar refractivity (Wildman–Crippen MR) is 140 cm³/mol. The quantitative estimate of drug-likeness (QED) is 0.164. The van der Waals surface area contributed by atoms with E-state index in [9.17, 15) is 24.6 Å². The maximum atomic E-state index is 12.5. The van der Waals surface area contributed by atoms with Crippen LogP contribution in [0.3, 0.4) is 0 Å². The molecule has 3 rings (SSSR count). The second-order valence-electron chi connectivity index (χ2n) is 8.97. The molecule has 3 N–H and O–H groups in total. The lowest BCUT2D eigenvalue weighted by Crippen LogP contribution is -2.55. The molecule has 13 heteroatoms. The van der Waals surface area contributed by atoms with E-state index in [1.165, 1.54) is 19.2 Å². The molecule has 38 heavy (non-hydrogen) atoms. The summed E-state index contributed by atoms with van der Waals surface area (Å²) < 4.78 is 23.0. The van der Waals surface area contributed by atoms with Gasteiger partial charge in [-0.25, -0.2) is 5.09 Å². The zero-order valence-electron chi connectivity index (χ0n) is 21.4. The number of hydrogen-bond donors (Lipinski definition) is 3. The number of nitrogens with one attached hydrogen (secondary N) is 1. The average molecular weight is 567 g/mol. The highest BCUT2D eigenvalue weighted by Crippen LogP contribution is 2.46. The van der Waals surface area contributed by atoms with Gasteiger partial charge in [0.1, 0.15) is 24.0 Å². The van der Waals surface area contributed by atoms with Gasteiger partial charge in [0.05, 0.1) is 19.1 Å². The summed E-state index contributed by atoms with van der Waals surface area (Å²) in [5.41, 5.74) is -2.19. The fourth-order valence-electron chi connectivity index (χ4n) is 3.78. The Kier molecular flexibility index (Phi) is 9.84. The van der Waals surface area contributed by atoms with Gasteiger partial charge in [0.25, 0.3) is 0 Å². The van der Waals surface area contributed by atoms with Gasteiger partial charge in [-0.2, -0.15) is 0 Å². The summed E-state index contributed by atoms with van der Waals surface area (Å²) >= 11 is 5.67. The summed E-state index contributed by atoms with van der Waals surface area (Å²) in [7, 11) is 0. The minimum atomic E-state index is -3.47. The zero-order chi connectivity index (χ0) is 28.1. The van der Waals surface area contributed by atoms with E-state index in [0.29, 0.717) is 5.75 Å². The van der Waals surface area contributed by atoms with Crippen LogP contribution in [0.15, 0.2) is 42.6 Å². The number of allylic oxidation sites excluding steroid dienone is 1. The standard InChI is InChI=1S/C25H31N2O9PS/c1-5-12-25(32)22(30)20(35-24(25)27-13-11-18(28)14-21(27)29)15-33-37(38,36-19-9-7-6-8-10-19)26-17(4)23(31)34-16(2)3/h6-11,13,16-17,20,22,24,30,32H,14-15H2,1-4H3,(H,26,38)/t17-,20+,22+,24+,25+,37?/m0/s1. The number of esters is 1. The topological polar surface area (TPSA) is 144 Å². The second kappa shape index (κ2) is 12.5. The van der Waals surface area contributed by atoms with E-state index in [4.69, 9.17) is 30.3 Å². The third kappa shape index (κ3) is 7.07. The monoisotopic (exact) mass is 566 g/mol. The summed E-state index contributed by atoms with van der Waals surface area (Å²) in [4.78, 5) is 37.5. The Morgan fingerprint density at radius 1 is 1.32 bits per heavy atom. The largest absolute Gasteiger partial charge is 0.462 e. The molecule has 0 bridgehead atoms. The molecule has 2 heterocycles. The maximum absolute atomic E-state index is 12.5. The van der Waals surface area contributed by atoms with E-state index < -0.39 is 60.8 Å². The second-order valence-corrected chi connectivity index (χ2v) is 12.1. The molecule has 1 fully saturated rings. The Hall–Kier alpha value is -2.62. The van der Waals surface area contributed by atoms with Crippen molar-refractivity contribution in [2.24, 2.45) is 0 Å². The van der Waals surface area contributed by atoms with E-state index in [-0.39, 0.29) is 12.7 Å². The lowest BCUT2D eigenvalue weighted by Gasteiger charge is -2.33. The minimum absolute atomic E-state index is 0.348. The van der Waals surface area contributed by atoms with Crippen LogP contribution >= 0.6 is 6.64 Å². The Morgan fingerprint density at radius 3 is 2.61 bits per heavy atom. The third-order valence-corrected chi connectivity index (χ3v) is 8.03. The van der Waals surface area contributed by atoms with Crippen LogP contribution in [-0.2, 0) is 40.2 Å². The normalized spacial score (nSPS) is 27.4. The molecule has 206 valence electrons. The van der Waals surface area contributed by atoms with Crippen LogP contribution in [-0.4, -0.2) is 75.6 Å². The van der Waals surface area contributed by atoms with Crippen LogP contribution in [0.2, 0.25) is 0 Å². The molecule has 2 aliphatic rings. The number of amides is 1. The number of ether oxygens (including phenoxy) is 2. The molecule has 1 unspecified atom stereocenters. The molecule has 1 aromatic rings. The smallest absolute Gasteiger partial charge is 0.323 e. The van der Waals surface area contributed by atoms with Gasteiger partial charge >= 0.3 is 12.6 Å². The number of ketones is 1. The number of para-hydroxylation sites is 1. The van der Waals surface area contributed by atoms with Crippen molar-refractivity contribution in [1.29, 1.82) is 0 Å². The molecule has 6 atom stereocenters. The number of carbonyl (C=O) groups is 3. The maximum Gasteiger partial charge on any atom is 0.323 e. The van der Waals surface area contributed by atoms with Gasteiger partial charge in [0.2, 0.25) is 5.91 Å². The highest BCUT2D eigenvalue weighted by Gasteiger charge is 2.58. The van der Waals surface area contributed by atoms with E-state index in [2.05, 4.69) is 16.9 Å². The molecule has 1 aromatic carbocycles. The zero-order valence-corrected chi connectivity index (χ0v) is 23.1. The first kappa shape index (κ1) is 29.9. The molecular formula is C25H31N2O9PS. The van der Waals surface area contributed by atoms with Crippen LogP contribution < -0.4 is 9.61 Å². The van der Waals surface area contributed by atoms with Crippen molar-refractivity contribution < 1.29 is 43.1 Å².